The number of amides is 2. The third-order valence-corrected chi connectivity index (χ3v) is 6.98. The molecule has 9 heteroatoms. The fourth-order valence-corrected chi connectivity index (χ4v) is 4.83. The van der Waals surface area contributed by atoms with Crippen molar-refractivity contribution in [2.24, 2.45) is 0 Å². The van der Waals surface area contributed by atoms with E-state index in [1.807, 2.05) is 4.90 Å². The number of benzene rings is 1. The molecule has 3 N–H and O–H groups in total. The van der Waals surface area contributed by atoms with E-state index in [4.69, 9.17) is 26.8 Å². The van der Waals surface area contributed by atoms with Crippen molar-refractivity contribution in [1.82, 2.24) is 15.1 Å². The Kier molecular flexibility index (Phi) is 9.64. The number of likely N-dealkylation sites (tertiary alicyclic amines) is 2. The van der Waals surface area contributed by atoms with Gasteiger partial charge in [0.05, 0.1) is 35.5 Å². The molecule has 2 atom stereocenters. The molecule has 0 bridgehead atoms. The van der Waals surface area contributed by atoms with Crippen molar-refractivity contribution in [2.45, 2.75) is 57.1 Å². The molecule has 0 saturated carbocycles. The standard InChI is InChI=1S/C24H37ClN4O4/c1-32-21-15-19(26)18(25)14-17(21)24(31)27-20-9-13-28(16-22(20)33-2)10-7-4-8-23(30)29-11-5-3-6-12-29/h14-15,20,22H,3-13,16,26H2,1-2H3,(H,27,31). The number of carbonyl (C=O) groups is 2. The molecule has 2 aliphatic heterocycles. The van der Waals surface area contributed by atoms with Crippen molar-refractivity contribution in [3.63, 3.8) is 0 Å². The van der Waals surface area contributed by atoms with Gasteiger partial charge in [-0.15, -0.1) is 0 Å². The lowest BCUT2D eigenvalue weighted by Gasteiger charge is -2.38. The molecule has 8 nitrogen and oxygen atoms in total. The first-order chi connectivity index (χ1) is 15.9. The van der Waals surface area contributed by atoms with Crippen molar-refractivity contribution in [1.29, 1.82) is 0 Å². The van der Waals surface area contributed by atoms with Crippen molar-refractivity contribution in [3.05, 3.63) is 22.7 Å². The number of methoxy groups -OCH3 is 2. The van der Waals surface area contributed by atoms with E-state index in [1.165, 1.54) is 19.6 Å². The lowest BCUT2D eigenvalue weighted by atomic mass is 10.00. The Morgan fingerprint density at radius 2 is 1.91 bits per heavy atom. The maximum Gasteiger partial charge on any atom is 0.255 e. The highest BCUT2D eigenvalue weighted by Gasteiger charge is 2.31. The maximum absolute atomic E-state index is 12.9. The number of nitrogen functional groups attached to an aromatic ring is 1. The van der Waals surface area contributed by atoms with Gasteiger partial charge in [0, 0.05) is 45.8 Å². The minimum atomic E-state index is -0.259. The summed E-state index contributed by atoms with van der Waals surface area (Å²) in [6.45, 7) is 4.37. The van der Waals surface area contributed by atoms with Crippen molar-refractivity contribution in [2.75, 3.05) is 52.7 Å². The Morgan fingerprint density at radius 1 is 1.15 bits per heavy atom. The van der Waals surface area contributed by atoms with E-state index in [9.17, 15) is 9.59 Å². The quantitative estimate of drug-likeness (QED) is 0.416. The SMILES string of the molecule is COc1cc(N)c(Cl)cc1C(=O)NC1CCN(CCCCC(=O)N2CCCCC2)CC1OC. The maximum atomic E-state index is 12.9. The summed E-state index contributed by atoms with van der Waals surface area (Å²) in [5.41, 5.74) is 6.54. The van der Waals surface area contributed by atoms with Gasteiger partial charge in [-0.2, -0.15) is 0 Å². The van der Waals surface area contributed by atoms with E-state index >= 15 is 0 Å². The molecule has 0 radical (unpaired) electrons. The molecule has 0 spiro atoms. The topological polar surface area (TPSA) is 97.1 Å². The molecule has 2 fully saturated rings. The molecule has 33 heavy (non-hydrogen) atoms. The second kappa shape index (κ2) is 12.4. The molecule has 3 rings (SSSR count). The molecule has 0 aliphatic carbocycles. The number of rotatable bonds is 9. The molecule has 1 aromatic rings. The van der Waals surface area contributed by atoms with E-state index < -0.39 is 0 Å². The Hall–Kier alpha value is -2.03. The van der Waals surface area contributed by atoms with Crippen molar-refractivity contribution < 1.29 is 19.1 Å². The third kappa shape index (κ3) is 6.98. The van der Waals surface area contributed by atoms with Crippen LogP contribution in [0.2, 0.25) is 5.02 Å². The molecular formula is C24H37ClN4O4. The number of anilines is 1. The number of nitrogens with zero attached hydrogens (tertiary/aromatic N) is 2. The number of piperidine rings is 2. The second-order valence-corrected chi connectivity index (χ2v) is 9.32. The number of hydrogen-bond donors (Lipinski definition) is 2. The summed E-state index contributed by atoms with van der Waals surface area (Å²) in [5, 5.41) is 3.39. The number of nitrogens with one attached hydrogen (secondary N) is 1. The zero-order valence-corrected chi connectivity index (χ0v) is 20.5. The van der Waals surface area contributed by atoms with E-state index in [0.717, 1.165) is 64.8 Å². The average molecular weight is 481 g/mol. The predicted molar refractivity (Wildman–Crippen MR) is 130 cm³/mol. The molecule has 2 aliphatic rings. The van der Waals surface area contributed by atoms with Gasteiger partial charge in [0.1, 0.15) is 5.75 Å². The summed E-state index contributed by atoms with van der Waals surface area (Å²) in [6, 6.07) is 2.98. The van der Waals surface area contributed by atoms with Crippen LogP contribution >= 0.6 is 11.6 Å². The molecule has 0 aromatic heterocycles. The summed E-state index contributed by atoms with van der Waals surface area (Å²) < 4.78 is 11.0. The van der Waals surface area contributed by atoms with E-state index in [-0.39, 0.29) is 18.1 Å². The largest absolute Gasteiger partial charge is 0.496 e. The first-order valence-electron chi connectivity index (χ1n) is 11.9. The summed E-state index contributed by atoms with van der Waals surface area (Å²) in [4.78, 5) is 29.6. The predicted octanol–water partition coefficient (Wildman–Crippen LogP) is 2.93. The van der Waals surface area contributed by atoms with Crippen LogP contribution in [-0.4, -0.2) is 80.7 Å². The number of carbonyl (C=O) groups excluding carboxylic acids is 2. The van der Waals surface area contributed by atoms with Crippen LogP contribution in [0, 0.1) is 0 Å². The Balaban J connectivity index is 1.45. The van der Waals surface area contributed by atoms with Crippen LogP contribution < -0.4 is 15.8 Å². The molecule has 2 saturated heterocycles. The first kappa shape index (κ1) is 25.6. The van der Waals surface area contributed by atoms with Gasteiger partial charge in [-0.25, -0.2) is 0 Å². The smallest absolute Gasteiger partial charge is 0.255 e. The molecule has 184 valence electrons. The number of halogens is 1. The minimum absolute atomic E-state index is 0.111. The summed E-state index contributed by atoms with van der Waals surface area (Å²) in [7, 11) is 3.17. The van der Waals surface area contributed by atoms with Crippen molar-refractivity contribution in [3.8, 4) is 5.75 Å². The molecule has 2 unspecified atom stereocenters. The van der Waals surface area contributed by atoms with Crippen LogP contribution in [0.1, 0.15) is 55.3 Å². The second-order valence-electron chi connectivity index (χ2n) is 8.92. The number of unbranched alkanes of at least 4 members (excludes halogenated alkanes) is 1. The highest BCUT2D eigenvalue weighted by atomic mass is 35.5. The molecule has 2 heterocycles. The highest BCUT2D eigenvalue weighted by molar-refractivity contribution is 6.33. The van der Waals surface area contributed by atoms with Gasteiger partial charge >= 0.3 is 0 Å². The van der Waals surface area contributed by atoms with E-state index in [0.29, 0.717) is 34.4 Å². The summed E-state index contributed by atoms with van der Waals surface area (Å²) in [6.07, 6.45) is 6.68. The zero-order chi connectivity index (χ0) is 23.8. The highest BCUT2D eigenvalue weighted by Crippen LogP contribution is 2.29. The lowest BCUT2D eigenvalue weighted by Crippen LogP contribution is -2.54. The van der Waals surface area contributed by atoms with Crippen LogP contribution in [0.5, 0.6) is 5.75 Å². The van der Waals surface area contributed by atoms with Gasteiger partial charge in [-0.1, -0.05) is 11.6 Å². The Bertz CT molecular complexity index is 816. The van der Waals surface area contributed by atoms with Crippen LogP contribution in [0.15, 0.2) is 12.1 Å². The van der Waals surface area contributed by atoms with Crippen LogP contribution in [0.3, 0.4) is 0 Å². The molecule has 1 aromatic carbocycles. The molecular weight excluding hydrogens is 444 g/mol. The fourth-order valence-electron chi connectivity index (χ4n) is 4.66. The van der Waals surface area contributed by atoms with Crippen molar-refractivity contribution >= 4 is 29.1 Å². The van der Waals surface area contributed by atoms with Crippen LogP contribution in [0.4, 0.5) is 5.69 Å². The first-order valence-corrected chi connectivity index (χ1v) is 12.3. The van der Waals surface area contributed by atoms with Crippen LogP contribution in [-0.2, 0) is 9.53 Å². The number of hydrogen-bond acceptors (Lipinski definition) is 6. The molecule has 2 amide bonds. The normalized spacial score (nSPS) is 21.6. The van der Waals surface area contributed by atoms with E-state index in [1.54, 1.807) is 13.2 Å². The average Bonchev–Trinajstić information content (AvgIpc) is 2.84. The summed E-state index contributed by atoms with van der Waals surface area (Å²) >= 11 is 6.11. The zero-order valence-electron chi connectivity index (χ0n) is 19.8. The van der Waals surface area contributed by atoms with Gasteiger partial charge in [0.2, 0.25) is 5.91 Å². The van der Waals surface area contributed by atoms with Gasteiger partial charge in [-0.3, -0.25) is 9.59 Å². The third-order valence-electron chi connectivity index (χ3n) is 6.65. The van der Waals surface area contributed by atoms with E-state index in [2.05, 4.69) is 10.2 Å². The Morgan fingerprint density at radius 3 is 2.61 bits per heavy atom. The summed E-state index contributed by atoms with van der Waals surface area (Å²) in [5.74, 6) is 0.425. The Labute approximate surface area is 201 Å². The van der Waals surface area contributed by atoms with Gasteiger partial charge in [0.25, 0.3) is 5.91 Å². The number of ether oxygens (including phenoxy) is 2. The minimum Gasteiger partial charge on any atom is -0.496 e. The lowest BCUT2D eigenvalue weighted by molar-refractivity contribution is -0.132. The van der Waals surface area contributed by atoms with Gasteiger partial charge in [0.15, 0.2) is 0 Å². The van der Waals surface area contributed by atoms with Crippen LogP contribution in [0.25, 0.3) is 0 Å². The van der Waals surface area contributed by atoms with Gasteiger partial charge < -0.3 is 30.3 Å². The fraction of sp³-hybridized carbons (Fsp3) is 0.667. The van der Waals surface area contributed by atoms with Gasteiger partial charge in [-0.05, 0) is 51.1 Å². The number of nitrogens with two attached hydrogens (primary N) is 1. The monoisotopic (exact) mass is 480 g/mol.